The minimum Gasteiger partial charge on any atom is -0.378 e. The summed E-state index contributed by atoms with van der Waals surface area (Å²) in [7, 11) is 0. The molecule has 4 nitrogen and oxygen atoms in total. The zero-order valence-electron chi connectivity index (χ0n) is 7.86. The number of ether oxygens (including phenoxy) is 1. The van der Waals surface area contributed by atoms with Crippen LogP contribution in [0.2, 0.25) is 5.15 Å². The Kier molecular flexibility index (Phi) is 3.20. The highest BCUT2D eigenvalue weighted by Gasteiger charge is 2.30. The molecule has 1 aliphatic carbocycles. The lowest BCUT2D eigenvalue weighted by Gasteiger charge is -2.35. The first-order valence-corrected chi connectivity index (χ1v) is 5.76. The van der Waals surface area contributed by atoms with E-state index in [0.29, 0.717) is 23.1 Å². The second-order valence-electron chi connectivity index (χ2n) is 3.29. The molecule has 0 radical (unpaired) electrons. The van der Waals surface area contributed by atoms with Crippen LogP contribution < -0.4 is 5.32 Å². The molecule has 78 valence electrons. The molecule has 1 heterocycles. The van der Waals surface area contributed by atoms with Gasteiger partial charge in [0.25, 0.3) is 0 Å². The Morgan fingerprint density at radius 2 is 2.36 bits per heavy atom. The average Bonchev–Trinajstić information content (AvgIpc) is 2.48. The highest BCUT2D eigenvalue weighted by molar-refractivity contribution is 6.99. The van der Waals surface area contributed by atoms with E-state index in [9.17, 15) is 0 Å². The molecule has 1 N–H and O–H groups in total. The molecule has 0 spiro atoms. The number of hydrogen-bond acceptors (Lipinski definition) is 5. The van der Waals surface area contributed by atoms with E-state index in [1.54, 1.807) is 0 Å². The molecular formula is C8H12ClN3OS. The van der Waals surface area contributed by atoms with E-state index in [2.05, 4.69) is 14.1 Å². The van der Waals surface area contributed by atoms with Crippen molar-refractivity contribution >= 4 is 29.1 Å². The first kappa shape index (κ1) is 10.1. The molecule has 6 heteroatoms. The van der Waals surface area contributed by atoms with Gasteiger partial charge in [-0.25, -0.2) is 0 Å². The normalized spacial score (nSPS) is 25.9. The molecule has 14 heavy (non-hydrogen) atoms. The lowest BCUT2D eigenvalue weighted by Crippen LogP contribution is -2.40. The largest absolute Gasteiger partial charge is 0.378 e. The Labute approximate surface area is 91.9 Å². The van der Waals surface area contributed by atoms with E-state index in [1.165, 1.54) is 0 Å². The van der Waals surface area contributed by atoms with Crippen LogP contribution in [0, 0.1) is 0 Å². The molecule has 2 rings (SSSR count). The standard InChI is InChI=1S/C8H12ClN3OS/c1-2-13-6-3-5(4-6)10-8-7(9)11-14-12-8/h5-6H,2-4H2,1H3,(H,10,12). The SMILES string of the molecule is CCOC1CC(Nc2nsnc2Cl)C1. The van der Waals surface area contributed by atoms with Gasteiger partial charge < -0.3 is 10.1 Å². The predicted octanol–water partition coefficient (Wildman–Crippen LogP) is 2.17. The van der Waals surface area contributed by atoms with Crippen molar-refractivity contribution in [1.82, 2.24) is 8.75 Å². The van der Waals surface area contributed by atoms with Gasteiger partial charge in [-0.15, -0.1) is 0 Å². The van der Waals surface area contributed by atoms with E-state index in [4.69, 9.17) is 16.3 Å². The van der Waals surface area contributed by atoms with Gasteiger partial charge in [0.1, 0.15) is 0 Å². The van der Waals surface area contributed by atoms with Crippen molar-refractivity contribution in [1.29, 1.82) is 0 Å². The molecule has 0 bridgehead atoms. The average molecular weight is 234 g/mol. The highest BCUT2D eigenvalue weighted by Crippen LogP contribution is 2.28. The molecule has 1 aromatic rings. The van der Waals surface area contributed by atoms with Crippen molar-refractivity contribution in [2.45, 2.75) is 31.9 Å². The van der Waals surface area contributed by atoms with E-state index >= 15 is 0 Å². The summed E-state index contributed by atoms with van der Waals surface area (Å²) < 4.78 is 13.4. The minimum atomic E-state index is 0.405. The molecule has 0 aliphatic heterocycles. The van der Waals surface area contributed by atoms with Crippen molar-refractivity contribution in [3.8, 4) is 0 Å². The Bertz CT molecular complexity index is 301. The van der Waals surface area contributed by atoms with Crippen molar-refractivity contribution in [3.63, 3.8) is 0 Å². The molecule has 1 saturated carbocycles. The summed E-state index contributed by atoms with van der Waals surface area (Å²) in [6.07, 6.45) is 2.46. The maximum absolute atomic E-state index is 5.81. The fourth-order valence-electron chi connectivity index (χ4n) is 1.51. The van der Waals surface area contributed by atoms with Gasteiger partial charge >= 0.3 is 0 Å². The van der Waals surface area contributed by atoms with E-state index in [-0.39, 0.29) is 0 Å². The third kappa shape index (κ3) is 2.16. The summed E-state index contributed by atoms with van der Waals surface area (Å²) in [5, 5.41) is 3.71. The van der Waals surface area contributed by atoms with E-state index in [1.807, 2.05) is 6.92 Å². The summed E-state index contributed by atoms with van der Waals surface area (Å²) in [5.41, 5.74) is 0. The monoisotopic (exact) mass is 233 g/mol. The molecule has 0 unspecified atom stereocenters. The fourth-order valence-corrected chi connectivity index (χ4v) is 2.17. The lowest BCUT2D eigenvalue weighted by atomic mass is 9.89. The molecule has 0 saturated heterocycles. The maximum atomic E-state index is 5.81. The fraction of sp³-hybridized carbons (Fsp3) is 0.750. The van der Waals surface area contributed by atoms with Crippen LogP contribution in [0.5, 0.6) is 0 Å². The maximum Gasteiger partial charge on any atom is 0.186 e. The summed E-state index contributed by atoms with van der Waals surface area (Å²) >= 11 is 6.93. The Hall–Kier alpha value is -0.390. The van der Waals surface area contributed by atoms with Crippen molar-refractivity contribution < 1.29 is 4.74 Å². The van der Waals surface area contributed by atoms with Gasteiger partial charge in [0, 0.05) is 12.6 Å². The Balaban J connectivity index is 1.77. The molecule has 0 aromatic carbocycles. The van der Waals surface area contributed by atoms with Gasteiger partial charge in [0.05, 0.1) is 17.8 Å². The predicted molar refractivity (Wildman–Crippen MR) is 57.0 cm³/mol. The minimum absolute atomic E-state index is 0.405. The number of aromatic nitrogens is 2. The van der Waals surface area contributed by atoms with Crippen LogP contribution in [0.25, 0.3) is 0 Å². The van der Waals surface area contributed by atoms with Gasteiger partial charge in [-0.05, 0) is 19.8 Å². The summed E-state index contributed by atoms with van der Waals surface area (Å²) in [6, 6.07) is 0.438. The molecule has 0 atom stereocenters. The first-order chi connectivity index (χ1) is 6.79. The summed E-state index contributed by atoms with van der Waals surface area (Å²) in [5.74, 6) is 0.705. The van der Waals surface area contributed by atoms with Gasteiger partial charge in [0.15, 0.2) is 11.0 Å². The van der Waals surface area contributed by atoms with Crippen LogP contribution in [-0.4, -0.2) is 27.5 Å². The molecule has 1 aromatic heterocycles. The van der Waals surface area contributed by atoms with Crippen molar-refractivity contribution in [2.24, 2.45) is 0 Å². The van der Waals surface area contributed by atoms with Crippen LogP contribution in [0.1, 0.15) is 19.8 Å². The molecule has 1 fully saturated rings. The van der Waals surface area contributed by atoms with Crippen LogP contribution in [0.15, 0.2) is 0 Å². The zero-order valence-corrected chi connectivity index (χ0v) is 9.44. The van der Waals surface area contributed by atoms with Crippen molar-refractivity contribution in [2.75, 3.05) is 11.9 Å². The van der Waals surface area contributed by atoms with Crippen LogP contribution in [0.4, 0.5) is 5.82 Å². The number of hydrogen-bond donors (Lipinski definition) is 1. The highest BCUT2D eigenvalue weighted by atomic mass is 35.5. The topological polar surface area (TPSA) is 47.0 Å². The lowest BCUT2D eigenvalue weighted by molar-refractivity contribution is 0.00294. The Morgan fingerprint density at radius 3 is 2.93 bits per heavy atom. The van der Waals surface area contributed by atoms with Crippen LogP contribution >= 0.6 is 23.3 Å². The third-order valence-electron chi connectivity index (χ3n) is 2.29. The number of halogens is 1. The zero-order chi connectivity index (χ0) is 9.97. The third-order valence-corrected chi connectivity index (χ3v) is 3.18. The molecule has 1 aliphatic rings. The van der Waals surface area contributed by atoms with Gasteiger partial charge in [-0.2, -0.15) is 8.75 Å². The van der Waals surface area contributed by atoms with Crippen molar-refractivity contribution in [3.05, 3.63) is 5.15 Å². The Morgan fingerprint density at radius 1 is 1.57 bits per heavy atom. The number of nitrogens with zero attached hydrogens (tertiary/aromatic N) is 2. The van der Waals surface area contributed by atoms with E-state index < -0.39 is 0 Å². The smallest absolute Gasteiger partial charge is 0.186 e. The molecule has 0 amide bonds. The molecular weight excluding hydrogens is 222 g/mol. The second kappa shape index (κ2) is 4.42. The van der Waals surface area contributed by atoms with E-state index in [0.717, 1.165) is 31.2 Å². The summed E-state index contributed by atoms with van der Waals surface area (Å²) in [4.78, 5) is 0. The second-order valence-corrected chi connectivity index (χ2v) is 4.18. The number of anilines is 1. The first-order valence-electron chi connectivity index (χ1n) is 4.65. The van der Waals surface area contributed by atoms with Gasteiger partial charge in [-0.3, -0.25) is 0 Å². The van der Waals surface area contributed by atoms with Gasteiger partial charge in [-0.1, -0.05) is 11.6 Å². The number of nitrogens with one attached hydrogen (secondary N) is 1. The summed E-state index contributed by atoms with van der Waals surface area (Å²) in [6.45, 7) is 2.80. The van der Waals surface area contributed by atoms with Crippen LogP contribution in [0.3, 0.4) is 0 Å². The van der Waals surface area contributed by atoms with Gasteiger partial charge in [0.2, 0.25) is 0 Å². The quantitative estimate of drug-likeness (QED) is 0.866. The van der Waals surface area contributed by atoms with Crippen LogP contribution in [-0.2, 0) is 4.74 Å². The number of rotatable bonds is 4.